The first-order valence-electron chi connectivity index (χ1n) is 6.07. The lowest BCUT2D eigenvalue weighted by molar-refractivity contribution is 0.446. The molecule has 1 nitrogen and oxygen atoms in total. The van der Waals surface area contributed by atoms with Gasteiger partial charge in [-0.05, 0) is 36.3 Å². The molecule has 0 spiro atoms. The average Bonchev–Trinajstić information content (AvgIpc) is 2.28. The highest BCUT2D eigenvalue weighted by Gasteiger charge is 2.18. The monoisotopic (exact) mass is 238 g/mol. The lowest BCUT2D eigenvalue weighted by Gasteiger charge is -2.19. The Labute approximate surface area is 104 Å². The first-order valence-corrected chi connectivity index (χ1v) is 6.52. The van der Waals surface area contributed by atoms with E-state index in [1.54, 1.807) is 0 Å². The van der Waals surface area contributed by atoms with Crippen LogP contribution >= 0.6 is 12.6 Å². The molecule has 1 aromatic carbocycles. The fraction of sp³-hybridized carbons (Fsp3) is 0.571. The second-order valence-electron chi connectivity index (χ2n) is 4.55. The molecule has 0 radical (unpaired) electrons. The van der Waals surface area contributed by atoms with Crippen LogP contribution in [-0.2, 0) is 0 Å². The van der Waals surface area contributed by atoms with Crippen LogP contribution in [0.1, 0.15) is 63.5 Å². The van der Waals surface area contributed by atoms with Gasteiger partial charge in [0.1, 0.15) is 5.75 Å². The maximum absolute atomic E-state index is 10.3. The third kappa shape index (κ3) is 2.54. The van der Waals surface area contributed by atoms with Gasteiger partial charge in [0.25, 0.3) is 0 Å². The van der Waals surface area contributed by atoms with Crippen LogP contribution in [0.3, 0.4) is 0 Å². The van der Waals surface area contributed by atoms with E-state index in [1.807, 2.05) is 12.1 Å². The molecule has 2 heteroatoms. The summed E-state index contributed by atoms with van der Waals surface area (Å²) in [7, 11) is 0. The lowest BCUT2D eigenvalue weighted by Crippen LogP contribution is -1.99. The highest BCUT2D eigenvalue weighted by molar-refractivity contribution is 7.80. The van der Waals surface area contributed by atoms with Crippen LogP contribution in [0.15, 0.2) is 17.0 Å². The summed E-state index contributed by atoms with van der Waals surface area (Å²) in [5.41, 5.74) is 2.05. The summed E-state index contributed by atoms with van der Waals surface area (Å²) in [6.45, 7) is 8.55. The van der Waals surface area contributed by atoms with E-state index in [1.165, 1.54) is 0 Å². The number of thiol groups is 1. The molecule has 0 aliphatic heterocycles. The number of hydrogen-bond donors (Lipinski definition) is 2. The fourth-order valence-electron chi connectivity index (χ4n) is 1.92. The van der Waals surface area contributed by atoms with E-state index in [-0.39, 0.29) is 0 Å². The Morgan fingerprint density at radius 1 is 1.12 bits per heavy atom. The van der Waals surface area contributed by atoms with Crippen LogP contribution in [0.5, 0.6) is 5.75 Å². The molecule has 0 fully saturated rings. The van der Waals surface area contributed by atoms with Crippen LogP contribution in [0.25, 0.3) is 0 Å². The van der Waals surface area contributed by atoms with Crippen LogP contribution in [0.2, 0.25) is 0 Å². The van der Waals surface area contributed by atoms with Gasteiger partial charge in [0.05, 0.1) is 0 Å². The number of hydrogen-bond acceptors (Lipinski definition) is 2. The second-order valence-corrected chi connectivity index (χ2v) is 5.04. The van der Waals surface area contributed by atoms with Crippen molar-refractivity contribution in [3.8, 4) is 5.75 Å². The normalized spacial score (nSPS) is 14.8. The first-order chi connectivity index (χ1) is 7.52. The molecule has 1 N–H and O–H groups in total. The summed E-state index contributed by atoms with van der Waals surface area (Å²) in [6, 6.07) is 4.00. The molecule has 0 saturated carbocycles. The van der Waals surface area contributed by atoms with Crippen molar-refractivity contribution in [2.24, 2.45) is 0 Å². The molecule has 2 atom stereocenters. The van der Waals surface area contributed by atoms with Crippen LogP contribution in [-0.4, -0.2) is 5.11 Å². The molecule has 0 bridgehead atoms. The summed E-state index contributed by atoms with van der Waals surface area (Å²) >= 11 is 4.45. The van der Waals surface area contributed by atoms with E-state index in [0.29, 0.717) is 17.6 Å². The zero-order chi connectivity index (χ0) is 12.3. The highest BCUT2D eigenvalue weighted by atomic mass is 32.1. The minimum absolute atomic E-state index is 0.358. The van der Waals surface area contributed by atoms with Crippen molar-refractivity contribution in [2.75, 3.05) is 0 Å². The number of rotatable bonds is 4. The van der Waals surface area contributed by atoms with Crippen molar-refractivity contribution in [3.63, 3.8) is 0 Å². The van der Waals surface area contributed by atoms with E-state index in [2.05, 4.69) is 40.3 Å². The van der Waals surface area contributed by atoms with E-state index in [0.717, 1.165) is 28.9 Å². The predicted molar refractivity (Wildman–Crippen MR) is 72.8 cm³/mol. The SMILES string of the molecule is CCC(C)c1ccc(S)c(C(C)CC)c1O. The molecule has 16 heavy (non-hydrogen) atoms. The first kappa shape index (κ1) is 13.4. The number of phenolic OH excluding ortho intramolecular Hbond substituents is 1. The number of benzene rings is 1. The van der Waals surface area contributed by atoms with Crippen molar-refractivity contribution < 1.29 is 5.11 Å². The van der Waals surface area contributed by atoms with Gasteiger partial charge in [-0.1, -0.05) is 33.8 Å². The Bertz CT molecular complexity index is 360. The third-order valence-electron chi connectivity index (χ3n) is 3.47. The van der Waals surface area contributed by atoms with Gasteiger partial charge in [0, 0.05) is 10.5 Å². The maximum Gasteiger partial charge on any atom is 0.123 e. The van der Waals surface area contributed by atoms with Crippen molar-refractivity contribution >= 4 is 12.6 Å². The average molecular weight is 238 g/mol. The molecule has 0 aromatic heterocycles. The highest BCUT2D eigenvalue weighted by Crippen LogP contribution is 2.39. The Hall–Kier alpha value is -0.630. The summed E-state index contributed by atoms with van der Waals surface area (Å²) in [5.74, 6) is 1.21. The van der Waals surface area contributed by atoms with E-state index in [9.17, 15) is 5.11 Å². The molecule has 0 amide bonds. The molecule has 90 valence electrons. The zero-order valence-electron chi connectivity index (χ0n) is 10.6. The molecular formula is C14H22OS. The second kappa shape index (κ2) is 5.62. The van der Waals surface area contributed by atoms with Crippen LogP contribution in [0.4, 0.5) is 0 Å². The summed E-state index contributed by atoms with van der Waals surface area (Å²) in [4.78, 5) is 0.902. The summed E-state index contributed by atoms with van der Waals surface area (Å²) < 4.78 is 0. The third-order valence-corrected chi connectivity index (χ3v) is 3.86. The van der Waals surface area contributed by atoms with Gasteiger partial charge in [-0.2, -0.15) is 0 Å². The van der Waals surface area contributed by atoms with Gasteiger partial charge in [-0.15, -0.1) is 12.6 Å². The Morgan fingerprint density at radius 2 is 1.69 bits per heavy atom. The van der Waals surface area contributed by atoms with E-state index < -0.39 is 0 Å². The van der Waals surface area contributed by atoms with Gasteiger partial charge in [-0.3, -0.25) is 0 Å². The minimum atomic E-state index is 0.358. The van der Waals surface area contributed by atoms with E-state index in [4.69, 9.17) is 0 Å². The molecule has 0 aliphatic rings. The number of aromatic hydroxyl groups is 1. The van der Waals surface area contributed by atoms with Gasteiger partial charge in [-0.25, -0.2) is 0 Å². The van der Waals surface area contributed by atoms with Gasteiger partial charge in [0.15, 0.2) is 0 Å². The standard InChI is InChI=1S/C14H22OS/c1-5-9(3)11-7-8-12(16)13(14(11)15)10(4)6-2/h7-10,15-16H,5-6H2,1-4H3. The quantitative estimate of drug-likeness (QED) is 0.728. The molecule has 0 heterocycles. The molecule has 0 aliphatic carbocycles. The summed E-state index contributed by atoms with van der Waals surface area (Å²) in [6.07, 6.45) is 2.06. The minimum Gasteiger partial charge on any atom is -0.507 e. The van der Waals surface area contributed by atoms with Crippen LogP contribution < -0.4 is 0 Å². The van der Waals surface area contributed by atoms with Crippen molar-refractivity contribution in [3.05, 3.63) is 23.3 Å². The Kier molecular flexibility index (Phi) is 4.72. The van der Waals surface area contributed by atoms with Gasteiger partial charge < -0.3 is 5.11 Å². The molecular weight excluding hydrogens is 216 g/mol. The van der Waals surface area contributed by atoms with Gasteiger partial charge >= 0.3 is 0 Å². The van der Waals surface area contributed by atoms with E-state index >= 15 is 0 Å². The van der Waals surface area contributed by atoms with Gasteiger partial charge in [0.2, 0.25) is 0 Å². The molecule has 1 rings (SSSR count). The smallest absolute Gasteiger partial charge is 0.123 e. The largest absolute Gasteiger partial charge is 0.507 e. The van der Waals surface area contributed by atoms with Crippen LogP contribution in [0, 0.1) is 0 Å². The van der Waals surface area contributed by atoms with Crippen molar-refractivity contribution in [2.45, 2.75) is 57.3 Å². The lowest BCUT2D eigenvalue weighted by atomic mass is 9.90. The van der Waals surface area contributed by atoms with Crippen molar-refractivity contribution in [1.82, 2.24) is 0 Å². The zero-order valence-corrected chi connectivity index (χ0v) is 11.5. The Balaban J connectivity index is 3.26. The summed E-state index contributed by atoms with van der Waals surface area (Å²) in [5, 5.41) is 10.3. The molecule has 0 saturated heterocycles. The molecule has 1 aromatic rings. The fourth-order valence-corrected chi connectivity index (χ4v) is 2.32. The molecule has 2 unspecified atom stereocenters. The van der Waals surface area contributed by atoms with Crippen molar-refractivity contribution in [1.29, 1.82) is 0 Å². The maximum atomic E-state index is 10.3. The topological polar surface area (TPSA) is 20.2 Å². The Morgan fingerprint density at radius 3 is 2.19 bits per heavy atom. The number of phenols is 1. The predicted octanol–water partition coefficient (Wildman–Crippen LogP) is 4.71.